The smallest absolute Gasteiger partial charge is 0.251 e. The molecule has 1 aliphatic heterocycles. The lowest BCUT2D eigenvalue weighted by Gasteiger charge is -2.14. The summed E-state index contributed by atoms with van der Waals surface area (Å²) in [5.41, 5.74) is 0.377. The summed E-state index contributed by atoms with van der Waals surface area (Å²) in [6, 6.07) is 9.52. The molecule has 1 aromatic heterocycles. The molecule has 10 heteroatoms. The van der Waals surface area contributed by atoms with E-state index in [1.807, 2.05) is 17.5 Å². The minimum Gasteiger partial charge on any atom is -0.391 e. The van der Waals surface area contributed by atoms with Gasteiger partial charge in [0, 0.05) is 42.5 Å². The average molecular weight is 432 g/mol. The van der Waals surface area contributed by atoms with Crippen LogP contribution in [0.4, 0.5) is 0 Å². The van der Waals surface area contributed by atoms with Crippen molar-refractivity contribution in [3.63, 3.8) is 0 Å². The zero-order valence-electron chi connectivity index (χ0n) is 14.4. The number of β-amino-alcohol motifs (C(OH)–C–C–N with tert-alkyl or cyclic N) is 1. The van der Waals surface area contributed by atoms with Gasteiger partial charge in [-0.05, 0) is 35.7 Å². The number of amides is 1. The van der Waals surface area contributed by atoms with Crippen molar-refractivity contribution in [3.8, 4) is 0 Å². The van der Waals surface area contributed by atoms with Crippen LogP contribution >= 0.6 is 23.7 Å². The van der Waals surface area contributed by atoms with E-state index >= 15 is 0 Å². The molecule has 0 radical (unpaired) electrons. The number of thiophene rings is 1. The van der Waals surface area contributed by atoms with Crippen molar-refractivity contribution in [3.05, 3.63) is 52.2 Å². The third kappa shape index (κ3) is 5.74. The average Bonchev–Trinajstić information content (AvgIpc) is 3.30. The van der Waals surface area contributed by atoms with E-state index in [2.05, 4.69) is 15.4 Å². The van der Waals surface area contributed by atoms with Crippen molar-refractivity contribution in [1.82, 2.24) is 15.4 Å². The molecule has 0 aliphatic carbocycles. The van der Waals surface area contributed by atoms with Crippen LogP contribution in [0.5, 0.6) is 0 Å². The van der Waals surface area contributed by atoms with Gasteiger partial charge in [-0.25, -0.2) is 13.1 Å². The summed E-state index contributed by atoms with van der Waals surface area (Å²) >= 11 is 1.48. The van der Waals surface area contributed by atoms with Gasteiger partial charge in [-0.15, -0.1) is 23.7 Å². The van der Waals surface area contributed by atoms with Gasteiger partial charge in [0.2, 0.25) is 10.0 Å². The normalized spacial score (nSPS) is 19.4. The second-order valence-electron chi connectivity index (χ2n) is 6.12. The van der Waals surface area contributed by atoms with Crippen LogP contribution in [-0.4, -0.2) is 45.2 Å². The third-order valence-electron chi connectivity index (χ3n) is 4.27. The third-order valence-corrected chi connectivity index (χ3v) is 6.57. The molecule has 1 fully saturated rings. The summed E-state index contributed by atoms with van der Waals surface area (Å²) in [5.74, 6) is -0.306. The molecular weight excluding hydrogens is 410 g/mol. The zero-order valence-corrected chi connectivity index (χ0v) is 16.9. The largest absolute Gasteiger partial charge is 0.391 e. The molecule has 1 aromatic carbocycles. The first-order valence-electron chi connectivity index (χ1n) is 8.25. The molecule has 27 heavy (non-hydrogen) atoms. The lowest BCUT2D eigenvalue weighted by molar-refractivity contribution is 0.0927. The molecule has 7 nitrogen and oxygen atoms in total. The van der Waals surface area contributed by atoms with E-state index in [4.69, 9.17) is 0 Å². The molecule has 1 saturated heterocycles. The molecule has 2 atom stereocenters. The molecule has 1 aliphatic rings. The molecule has 3 rings (SSSR count). The Morgan fingerprint density at radius 2 is 1.96 bits per heavy atom. The molecule has 2 heterocycles. The van der Waals surface area contributed by atoms with Gasteiger partial charge < -0.3 is 15.7 Å². The van der Waals surface area contributed by atoms with Gasteiger partial charge in [0.1, 0.15) is 0 Å². The lowest BCUT2D eigenvalue weighted by Crippen LogP contribution is -2.34. The molecule has 0 saturated carbocycles. The first-order chi connectivity index (χ1) is 12.5. The highest BCUT2D eigenvalue weighted by Gasteiger charge is 2.25. The van der Waals surface area contributed by atoms with Crippen molar-refractivity contribution in [1.29, 1.82) is 0 Å². The predicted molar refractivity (Wildman–Crippen MR) is 107 cm³/mol. The molecule has 148 valence electrons. The highest BCUT2D eigenvalue weighted by atomic mass is 35.5. The minimum absolute atomic E-state index is 0. The van der Waals surface area contributed by atoms with Crippen LogP contribution in [0.15, 0.2) is 46.7 Å². The number of rotatable bonds is 7. The fourth-order valence-electron chi connectivity index (χ4n) is 2.70. The summed E-state index contributed by atoms with van der Waals surface area (Å²) in [7, 11) is -3.63. The van der Waals surface area contributed by atoms with Gasteiger partial charge >= 0.3 is 0 Å². The van der Waals surface area contributed by atoms with E-state index < -0.39 is 16.1 Å². The number of nitrogens with one attached hydrogen (secondary N) is 3. The van der Waals surface area contributed by atoms with Crippen molar-refractivity contribution in [2.24, 2.45) is 5.92 Å². The topological polar surface area (TPSA) is 108 Å². The van der Waals surface area contributed by atoms with Crippen LogP contribution in [0.2, 0.25) is 0 Å². The Morgan fingerprint density at radius 1 is 1.22 bits per heavy atom. The van der Waals surface area contributed by atoms with E-state index in [1.165, 1.54) is 35.6 Å². The van der Waals surface area contributed by atoms with Crippen LogP contribution in [0.25, 0.3) is 0 Å². The van der Waals surface area contributed by atoms with Crippen LogP contribution < -0.4 is 15.4 Å². The molecule has 1 amide bonds. The number of hydrogen-bond donors (Lipinski definition) is 4. The summed E-state index contributed by atoms with van der Waals surface area (Å²) in [4.78, 5) is 13.2. The number of benzene rings is 1. The first kappa shape index (κ1) is 21.8. The Hall–Kier alpha value is -1.49. The van der Waals surface area contributed by atoms with E-state index in [0.29, 0.717) is 25.2 Å². The number of carbonyl (C=O) groups excluding carboxylic acids is 1. The first-order valence-corrected chi connectivity index (χ1v) is 10.6. The van der Waals surface area contributed by atoms with Crippen LogP contribution in [0, 0.1) is 5.92 Å². The molecule has 0 spiro atoms. The molecule has 2 unspecified atom stereocenters. The minimum atomic E-state index is -3.63. The van der Waals surface area contributed by atoms with E-state index in [-0.39, 0.29) is 35.7 Å². The van der Waals surface area contributed by atoms with Gasteiger partial charge in [-0.3, -0.25) is 4.79 Å². The second-order valence-corrected chi connectivity index (χ2v) is 8.92. The second kappa shape index (κ2) is 9.63. The number of halogens is 1. The highest BCUT2D eigenvalue weighted by Crippen LogP contribution is 2.14. The van der Waals surface area contributed by atoms with Crippen LogP contribution in [0.3, 0.4) is 0 Å². The number of aliphatic hydroxyl groups excluding tert-OH is 1. The van der Waals surface area contributed by atoms with Crippen LogP contribution in [-0.2, 0) is 16.6 Å². The molecular formula is C17H22ClN3O4S2. The van der Waals surface area contributed by atoms with Gasteiger partial charge in [0.25, 0.3) is 5.91 Å². The van der Waals surface area contributed by atoms with Gasteiger partial charge in [0.05, 0.1) is 11.0 Å². The van der Waals surface area contributed by atoms with E-state index in [9.17, 15) is 18.3 Å². The van der Waals surface area contributed by atoms with Gasteiger partial charge in [0.15, 0.2) is 0 Å². The summed E-state index contributed by atoms with van der Waals surface area (Å²) in [6.45, 7) is 1.80. The summed E-state index contributed by atoms with van der Waals surface area (Å²) in [5, 5.41) is 17.4. The predicted octanol–water partition coefficient (Wildman–Crippen LogP) is 0.959. The number of sulfonamides is 1. The Balaban J connectivity index is 0.00000261. The maximum atomic E-state index is 12.3. The molecule has 0 bridgehead atoms. The van der Waals surface area contributed by atoms with Gasteiger partial charge in [-0.2, -0.15) is 0 Å². The van der Waals surface area contributed by atoms with E-state index in [1.54, 1.807) is 0 Å². The molecule has 2 aromatic rings. The van der Waals surface area contributed by atoms with Crippen LogP contribution in [0.1, 0.15) is 15.2 Å². The van der Waals surface area contributed by atoms with E-state index in [0.717, 1.165) is 4.88 Å². The highest BCUT2D eigenvalue weighted by molar-refractivity contribution is 7.89. The number of aliphatic hydroxyl groups is 1. The lowest BCUT2D eigenvalue weighted by atomic mass is 10.1. The standard InChI is InChI=1S/C17H21N3O4S2.ClH/c21-16-11-18-8-13(16)9-19-17(22)12-3-5-15(6-4-12)26(23,24)20-10-14-2-1-7-25-14;/h1-7,13,16,18,20-21H,8-11H2,(H,19,22);1H. The van der Waals surface area contributed by atoms with Crippen molar-refractivity contribution < 1.29 is 18.3 Å². The SMILES string of the molecule is Cl.O=C(NCC1CNCC1O)c1ccc(S(=O)(=O)NCc2cccs2)cc1. The zero-order chi connectivity index (χ0) is 18.6. The fourth-order valence-corrected chi connectivity index (χ4v) is 4.44. The van der Waals surface area contributed by atoms with Crippen molar-refractivity contribution in [2.45, 2.75) is 17.5 Å². The Morgan fingerprint density at radius 3 is 2.56 bits per heavy atom. The molecule has 4 N–H and O–H groups in total. The summed E-state index contributed by atoms with van der Waals surface area (Å²) < 4.78 is 27.1. The monoisotopic (exact) mass is 431 g/mol. The Bertz CT molecular complexity index is 842. The maximum Gasteiger partial charge on any atom is 0.251 e. The van der Waals surface area contributed by atoms with Crippen molar-refractivity contribution in [2.75, 3.05) is 19.6 Å². The Kier molecular flexibility index (Phi) is 7.78. The number of carbonyl (C=O) groups is 1. The maximum absolute atomic E-state index is 12.3. The van der Waals surface area contributed by atoms with Gasteiger partial charge in [-0.1, -0.05) is 6.07 Å². The fraction of sp³-hybridized carbons (Fsp3) is 0.353. The quantitative estimate of drug-likeness (QED) is 0.522. The number of hydrogen-bond acceptors (Lipinski definition) is 6. The van der Waals surface area contributed by atoms with Crippen molar-refractivity contribution >= 4 is 39.7 Å². The summed E-state index contributed by atoms with van der Waals surface area (Å²) in [6.07, 6.45) is -0.461. The Labute approximate surface area is 168 Å².